The Bertz CT molecular complexity index is 1130. The quantitative estimate of drug-likeness (QED) is 0.339. The van der Waals surface area contributed by atoms with Crippen LogP contribution in [0.5, 0.6) is 0 Å². The standard InChI is InChI=1S/C27H40N4O6/c1-9-16-36-27(8)12-14-30(15-13-27)23-21(22(25(33)35-11-3)37-26(5,6)7)18(4)28-20-17-19(29-31(20)23)24(32)34-10-2/h9,17,22H,1,10-16H2,2-8H3. The number of carbonyl (C=O) groups is 2. The van der Waals surface area contributed by atoms with Crippen LogP contribution < -0.4 is 4.90 Å². The molecule has 1 aliphatic rings. The Morgan fingerprint density at radius 2 is 1.84 bits per heavy atom. The zero-order valence-corrected chi connectivity index (χ0v) is 23.1. The number of carbonyl (C=O) groups excluding carboxylic acids is 2. The zero-order chi connectivity index (χ0) is 27.4. The monoisotopic (exact) mass is 516 g/mol. The highest BCUT2D eigenvalue weighted by Gasteiger charge is 2.38. The summed E-state index contributed by atoms with van der Waals surface area (Å²) in [5.41, 5.74) is 0.845. The van der Waals surface area contributed by atoms with Crippen LogP contribution in [0.15, 0.2) is 18.7 Å². The zero-order valence-electron chi connectivity index (χ0n) is 23.1. The normalized spacial score (nSPS) is 16.5. The van der Waals surface area contributed by atoms with Gasteiger partial charge in [-0.25, -0.2) is 14.6 Å². The number of anilines is 1. The van der Waals surface area contributed by atoms with Crippen molar-refractivity contribution in [2.75, 3.05) is 37.8 Å². The molecule has 3 heterocycles. The van der Waals surface area contributed by atoms with Crippen LogP contribution in [0.4, 0.5) is 5.82 Å². The summed E-state index contributed by atoms with van der Waals surface area (Å²) in [6, 6.07) is 1.60. The van der Waals surface area contributed by atoms with E-state index < -0.39 is 23.6 Å². The highest BCUT2D eigenvalue weighted by molar-refractivity contribution is 5.89. The molecule has 2 aromatic rings. The molecule has 0 spiro atoms. The van der Waals surface area contributed by atoms with Gasteiger partial charge in [0.1, 0.15) is 5.82 Å². The van der Waals surface area contributed by atoms with Crippen molar-refractivity contribution in [3.8, 4) is 0 Å². The van der Waals surface area contributed by atoms with Crippen molar-refractivity contribution in [1.82, 2.24) is 14.6 Å². The molecule has 204 valence electrons. The second kappa shape index (κ2) is 11.6. The van der Waals surface area contributed by atoms with E-state index in [1.807, 2.05) is 27.7 Å². The highest BCUT2D eigenvalue weighted by atomic mass is 16.6. The fourth-order valence-corrected chi connectivity index (χ4v) is 4.42. The number of aryl methyl sites for hydroxylation is 1. The van der Waals surface area contributed by atoms with Crippen molar-refractivity contribution >= 4 is 23.4 Å². The Morgan fingerprint density at radius 3 is 2.41 bits per heavy atom. The van der Waals surface area contributed by atoms with Gasteiger partial charge in [0.25, 0.3) is 0 Å². The third kappa shape index (κ3) is 6.67. The fourth-order valence-electron chi connectivity index (χ4n) is 4.42. The molecule has 1 saturated heterocycles. The predicted molar refractivity (Wildman–Crippen MR) is 140 cm³/mol. The highest BCUT2D eigenvalue weighted by Crippen LogP contribution is 2.38. The van der Waals surface area contributed by atoms with Crippen molar-refractivity contribution in [3.63, 3.8) is 0 Å². The van der Waals surface area contributed by atoms with E-state index >= 15 is 0 Å². The Kier molecular flexibility index (Phi) is 8.96. The molecule has 0 aliphatic carbocycles. The number of ether oxygens (including phenoxy) is 4. The Balaban J connectivity index is 2.18. The maximum Gasteiger partial charge on any atom is 0.358 e. The van der Waals surface area contributed by atoms with Crippen LogP contribution >= 0.6 is 0 Å². The number of nitrogens with zero attached hydrogens (tertiary/aromatic N) is 4. The summed E-state index contributed by atoms with van der Waals surface area (Å²) < 4.78 is 24.5. The van der Waals surface area contributed by atoms with Crippen molar-refractivity contribution in [2.24, 2.45) is 0 Å². The first-order chi connectivity index (χ1) is 17.4. The number of aromatic nitrogens is 3. The average Bonchev–Trinajstić information content (AvgIpc) is 3.25. The smallest absolute Gasteiger partial charge is 0.358 e. The molecule has 0 aromatic carbocycles. The van der Waals surface area contributed by atoms with E-state index in [0.717, 1.165) is 12.8 Å². The Labute approximate surface area is 218 Å². The van der Waals surface area contributed by atoms with Crippen molar-refractivity contribution in [2.45, 2.75) is 78.6 Å². The fraction of sp³-hybridized carbons (Fsp3) is 0.630. The van der Waals surface area contributed by atoms with Crippen LogP contribution in [0.25, 0.3) is 5.65 Å². The van der Waals surface area contributed by atoms with Crippen LogP contribution in [0.2, 0.25) is 0 Å². The lowest BCUT2D eigenvalue weighted by Gasteiger charge is -2.41. The van der Waals surface area contributed by atoms with Crippen LogP contribution in [0.3, 0.4) is 0 Å². The van der Waals surface area contributed by atoms with Gasteiger partial charge in [-0.15, -0.1) is 6.58 Å². The molecule has 0 radical (unpaired) electrons. The van der Waals surface area contributed by atoms with Gasteiger partial charge in [0.2, 0.25) is 0 Å². The van der Waals surface area contributed by atoms with Gasteiger partial charge in [-0.2, -0.15) is 9.61 Å². The maximum atomic E-state index is 13.2. The summed E-state index contributed by atoms with van der Waals surface area (Å²) in [5.74, 6) is -0.391. The topological polar surface area (TPSA) is 104 Å². The summed E-state index contributed by atoms with van der Waals surface area (Å²) in [6.45, 7) is 19.0. The van der Waals surface area contributed by atoms with E-state index in [4.69, 9.17) is 23.9 Å². The van der Waals surface area contributed by atoms with Gasteiger partial charge in [-0.05, 0) is 61.3 Å². The third-order valence-corrected chi connectivity index (χ3v) is 6.19. The van der Waals surface area contributed by atoms with Crippen LogP contribution in [-0.2, 0) is 23.7 Å². The predicted octanol–water partition coefficient (Wildman–Crippen LogP) is 4.20. The molecule has 0 saturated carbocycles. The summed E-state index contributed by atoms with van der Waals surface area (Å²) in [4.78, 5) is 32.6. The Hall–Kier alpha value is -2.98. The van der Waals surface area contributed by atoms with E-state index in [1.54, 1.807) is 30.5 Å². The molecule has 10 nitrogen and oxygen atoms in total. The minimum Gasteiger partial charge on any atom is -0.464 e. The number of fused-ring (bicyclic) bond motifs is 1. The van der Waals surface area contributed by atoms with Crippen molar-refractivity contribution in [1.29, 1.82) is 0 Å². The number of hydrogen-bond acceptors (Lipinski definition) is 9. The SMILES string of the molecule is C=CCOC1(C)CCN(c2c(C(OC(C)(C)C)C(=O)OCC)c(C)nc3cc(C(=O)OCC)nn23)CC1. The number of rotatable bonds is 10. The van der Waals surface area contributed by atoms with E-state index in [9.17, 15) is 9.59 Å². The van der Waals surface area contributed by atoms with E-state index in [0.29, 0.717) is 42.4 Å². The van der Waals surface area contributed by atoms with E-state index in [1.165, 1.54) is 0 Å². The van der Waals surface area contributed by atoms with Crippen LogP contribution in [0.1, 0.15) is 82.2 Å². The molecule has 0 amide bonds. The van der Waals surface area contributed by atoms with Gasteiger partial charge in [0, 0.05) is 24.8 Å². The van der Waals surface area contributed by atoms with Crippen molar-refractivity contribution < 1.29 is 28.5 Å². The summed E-state index contributed by atoms with van der Waals surface area (Å²) in [7, 11) is 0. The van der Waals surface area contributed by atoms with Gasteiger partial charge in [0.15, 0.2) is 17.4 Å². The molecule has 3 rings (SSSR count). The number of hydrogen-bond donors (Lipinski definition) is 0. The summed E-state index contributed by atoms with van der Waals surface area (Å²) in [6.07, 6.45) is 2.21. The molecule has 0 N–H and O–H groups in total. The first-order valence-electron chi connectivity index (χ1n) is 12.8. The summed E-state index contributed by atoms with van der Waals surface area (Å²) in [5, 5.41) is 4.56. The van der Waals surface area contributed by atoms with E-state index in [-0.39, 0.29) is 24.5 Å². The first kappa shape index (κ1) is 28.6. The lowest BCUT2D eigenvalue weighted by Crippen LogP contribution is -2.45. The maximum absolute atomic E-state index is 13.2. The van der Waals surface area contributed by atoms with Crippen LogP contribution in [0, 0.1) is 6.92 Å². The second-order valence-corrected chi connectivity index (χ2v) is 10.4. The molecule has 2 aromatic heterocycles. The lowest BCUT2D eigenvalue weighted by atomic mass is 9.92. The average molecular weight is 517 g/mol. The van der Waals surface area contributed by atoms with Gasteiger partial charge in [-0.1, -0.05) is 6.08 Å². The molecule has 1 fully saturated rings. The molecule has 1 atom stereocenters. The number of piperidine rings is 1. The van der Waals surface area contributed by atoms with E-state index in [2.05, 4.69) is 23.5 Å². The molecular weight excluding hydrogens is 476 g/mol. The van der Waals surface area contributed by atoms with Crippen LogP contribution in [-0.4, -0.2) is 70.6 Å². The third-order valence-electron chi connectivity index (χ3n) is 6.19. The molecule has 1 aliphatic heterocycles. The first-order valence-corrected chi connectivity index (χ1v) is 12.8. The Morgan fingerprint density at radius 1 is 1.19 bits per heavy atom. The number of esters is 2. The molecule has 0 bridgehead atoms. The summed E-state index contributed by atoms with van der Waals surface area (Å²) >= 11 is 0. The molecule has 10 heteroatoms. The minimum atomic E-state index is -1.03. The molecule has 37 heavy (non-hydrogen) atoms. The lowest BCUT2D eigenvalue weighted by molar-refractivity contribution is -0.166. The second-order valence-electron chi connectivity index (χ2n) is 10.4. The van der Waals surface area contributed by atoms with Crippen molar-refractivity contribution in [3.05, 3.63) is 35.7 Å². The largest absolute Gasteiger partial charge is 0.464 e. The van der Waals surface area contributed by atoms with Gasteiger partial charge >= 0.3 is 11.9 Å². The van der Waals surface area contributed by atoms with Gasteiger partial charge in [-0.3, -0.25) is 0 Å². The minimum absolute atomic E-state index is 0.146. The van der Waals surface area contributed by atoms with Gasteiger partial charge in [0.05, 0.1) is 36.6 Å². The molecule has 1 unspecified atom stereocenters. The molecular formula is C27H40N4O6. The van der Waals surface area contributed by atoms with Gasteiger partial charge < -0.3 is 23.8 Å².